The average molecular weight is 467 g/mol. The molecule has 0 saturated carbocycles. The highest BCUT2D eigenvalue weighted by Crippen LogP contribution is 2.01. The van der Waals surface area contributed by atoms with Gasteiger partial charge in [0.25, 0.3) is 0 Å². The molecule has 0 unspecified atom stereocenters. The van der Waals surface area contributed by atoms with Crippen molar-refractivity contribution in [3.05, 3.63) is 24.2 Å². The standard InChI is InChI=1S/C17H29N3O4.HI/c1-3-18-17(19-10-5-9-16(21)23-4-2)20-11-7-12-22-14-15-8-6-13-24-15;/h6,8,13H,3-5,7,9-12,14H2,1-2H3,(H2,18,19,20);1H. The van der Waals surface area contributed by atoms with E-state index in [0.29, 0.717) is 39.2 Å². The maximum Gasteiger partial charge on any atom is 0.305 e. The quantitative estimate of drug-likeness (QED) is 0.162. The number of esters is 1. The molecule has 2 N–H and O–H groups in total. The van der Waals surface area contributed by atoms with E-state index in [0.717, 1.165) is 31.2 Å². The lowest BCUT2D eigenvalue weighted by atomic mass is 10.3. The minimum atomic E-state index is -0.167. The minimum Gasteiger partial charge on any atom is -0.467 e. The third-order valence-corrected chi connectivity index (χ3v) is 3.04. The lowest BCUT2D eigenvalue weighted by molar-refractivity contribution is -0.143. The van der Waals surface area contributed by atoms with Crippen molar-refractivity contribution in [2.45, 2.75) is 39.7 Å². The van der Waals surface area contributed by atoms with Crippen LogP contribution in [0.5, 0.6) is 0 Å². The van der Waals surface area contributed by atoms with Gasteiger partial charge in [-0.25, -0.2) is 0 Å². The number of carbonyl (C=O) groups excluding carboxylic acids is 1. The maximum absolute atomic E-state index is 11.2. The molecule has 0 radical (unpaired) electrons. The van der Waals surface area contributed by atoms with Gasteiger partial charge in [-0.05, 0) is 38.8 Å². The first kappa shape index (κ1) is 23.7. The van der Waals surface area contributed by atoms with Crippen LogP contribution in [-0.4, -0.2) is 44.8 Å². The van der Waals surface area contributed by atoms with Gasteiger partial charge in [0.05, 0.1) is 12.9 Å². The normalized spacial score (nSPS) is 10.9. The first-order valence-electron chi connectivity index (χ1n) is 8.54. The zero-order valence-electron chi connectivity index (χ0n) is 15.1. The summed E-state index contributed by atoms with van der Waals surface area (Å²) in [6, 6.07) is 3.74. The number of ether oxygens (including phenoxy) is 2. The van der Waals surface area contributed by atoms with E-state index in [1.165, 1.54) is 0 Å². The lowest BCUT2D eigenvalue weighted by Crippen LogP contribution is -2.38. The molecule has 0 fully saturated rings. The number of halogens is 1. The van der Waals surface area contributed by atoms with Gasteiger partial charge in [-0.3, -0.25) is 9.79 Å². The fraction of sp³-hybridized carbons (Fsp3) is 0.647. The summed E-state index contributed by atoms with van der Waals surface area (Å²) in [7, 11) is 0. The number of furan rings is 1. The summed E-state index contributed by atoms with van der Waals surface area (Å²) in [4.78, 5) is 15.7. The van der Waals surface area contributed by atoms with E-state index in [4.69, 9.17) is 13.9 Å². The van der Waals surface area contributed by atoms with Crippen LogP contribution < -0.4 is 10.6 Å². The van der Waals surface area contributed by atoms with E-state index < -0.39 is 0 Å². The van der Waals surface area contributed by atoms with Crippen LogP contribution >= 0.6 is 24.0 Å². The molecular weight excluding hydrogens is 437 g/mol. The average Bonchev–Trinajstić information content (AvgIpc) is 3.08. The van der Waals surface area contributed by atoms with E-state index in [1.807, 2.05) is 26.0 Å². The Balaban J connectivity index is 0.00000576. The van der Waals surface area contributed by atoms with Crippen LogP contribution in [0.4, 0.5) is 0 Å². The molecule has 1 aromatic heterocycles. The van der Waals surface area contributed by atoms with E-state index in [2.05, 4.69) is 15.6 Å². The van der Waals surface area contributed by atoms with Crippen molar-refractivity contribution in [1.82, 2.24) is 10.6 Å². The molecular formula is C17H30IN3O4. The van der Waals surface area contributed by atoms with Crippen LogP contribution in [-0.2, 0) is 20.9 Å². The fourth-order valence-corrected chi connectivity index (χ4v) is 1.94. The summed E-state index contributed by atoms with van der Waals surface area (Å²) in [6.07, 6.45) is 3.59. The van der Waals surface area contributed by atoms with Crippen LogP contribution in [0.1, 0.15) is 38.9 Å². The predicted octanol–water partition coefficient (Wildman–Crippen LogP) is 2.70. The van der Waals surface area contributed by atoms with Gasteiger partial charge in [0.2, 0.25) is 0 Å². The summed E-state index contributed by atoms with van der Waals surface area (Å²) >= 11 is 0. The summed E-state index contributed by atoms with van der Waals surface area (Å²) in [5, 5.41) is 6.42. The molecule has 0 aliphatic rings. The third-order valence-electron chi connectivity index (χ3n) is 3.04. The molecule has 0 aromatic carbocycles. The predicted molar refractivity (Wildman–Crippen MR) is 108 cm³/mol. The fourth-order valence-electron chi connectivity index (χ4n) is 1.94. The van der Waals surface area contributed by atoms with E-state index in [-0.39, 0.29) is 29.9 Å². The molecule has 0 aliphatic carbocycles. The Morgan fingerprint density at radius 2 is 2.12 bits per heavy atom. The second-order valence-corrected chi connectivity index (χ2v) is 5.08. The third kappa shape index (κ3) is 12.7. The Hall–Kier alpha value is -1.29. The van der Waals surface area contributed by atoms with Gasteiger partial charge < -0.3 is 24.5 Å². The van der Waals surface area contributed by atoms with Gasteiger partial charge in [0, 0.05) is 32.7 Å². The Morgan fingerprint density at radius 3 is 2.80 bits per heavy atom. The Morgan fingerprint density at radius 1 is 1.28 bits per heavy atom. The molecule has 1 rings (SSSR count). The van der Waals surface area contributed by atoms with Gasteiger partial charge in [-0.15, -0.1) is 24.0 Å². The van der Waals surface area contributed by atoms with Gasteiger partial charge in [-0.1, -0.05) is 0 Å². The highest BCUT2D eigenvalue weighted by atomic mass is 127. The van der Waals surface area contributed by atoms with Crippen LogP contribution in [0.3, 0.4) is 0 Å². The SMILES string of the molecule is CCNC(=NCCCC(=O)OCC)NCCCOCc1ccco1.I. The Labute approximate surface area is 166 Å². The van der Waals surface area contributed by atoms with Gasteiger partial charge in [0.15, 0.2) is 5.96 Å². The van der Waals surface area contributed by atoms with Crippen molar-refractivity contribution in [3.63, 3.8) is 0 Å². The number of carbonyl (C=O) groups is 1. The van der Waals surface area contributed by atoms with E-state index in [1.54, 1.807) is 6.26 Å². The lowest BCUT2D eigenvalue weighted by Gasteiger charge is -2.11. The number of hydrogen-bond donors (Lipinski definition) is 2. The van der Waals surface area contributed by atoms with Crippen molar-refractivity contribution >= 4 is 35.9 Å². The van der Waals surface area contributed by atoms with Gasteiger partial charge >= 0.3 is 5.97 Å². The van der Waals surface area contributed by atoms with Crippen molar-refractivity contribution in [3.8, 4) is 0 Å². The molecule has 0 saturated heterocycles. The first-order valence-corrected chi connectivity index (χ1v) is 8.54. The van der Waals surface area contributed by atoms with Crippen molar-refractivity contribution in [2.75, 3.05) is 32.8 Å². The first-order chi connectivity index (χ1) is 11.8. The van der Waals surface area contributed by atoms with Crippen molar-refractivity contribution in [2.24, 2.45) is 4.99 Å². The van der Waals surface area contributed by atoms with Crippen LogP contribution in [0.2, 0.25) is 0 Å². The molecule has 1 aromatic rings. The molecule has 144 valence electrons. The molecule has 25 heavy (non-hydrogen) atoms. The number of hydrogen-bond acceptors (Lipinski definition) is 5. The maximum atomic E-state index is 11.2. The summed E-state index contributed by atoms with van der Waals surface area (Å²) < 4.78 is 15.6. The van der Waals surface area contributed by atoms with E-state index >= 15 is 0 Å². The number of aliphatic imine (C=N–C) groups is 1. The highest BCUT2D eigenvalue weighted by molar-refractivity contribution is 14.0. The largest absolute Gasteiger partial charge is 0.467 e. The minimum absolute atomic E-state index is 0. The monoisotopic (exact) mass is 467 g/mol. The van der Waals surface area contributed by atoms with Crippen molar-refractivity contribution in [1.29, 1.82) is 0 Å². The summed E-state index contributed by atoms with van der Waals surface area (Å²) in [5.74, 6) is 1.42. The van der Waals surface area contributed by atoms with Crippen LogP contribution in [0.25, 0.3) is 0 Å². The zero-order valence-corrected chi connectivity index (χ0v) is 17.4. The van der Waals surface area contributed by atoms with Gasteiger partial charge in [0.1, 0.15) is 12.4 Å². The Bertz CT molecular complexity index is 466. The zero-order chi connectivity index (χ0) is 17.5. The smallest absolute Gasteiger partial charge is 0.305 e. The van der Waals surface area contributed by atoms with Crippen molar-refractivity contribution < 1.29 is 18.7 Å². The summed E-state index contributed by atoms with van der Waals surface area (Å²) in [6.45, 7) is 7.53. The highest BCUT2D eigenvalue weighted by Gasteiger charge is 2.01. The molecule has 1 heterocycles. The molecule has 7 nitrogen and oxygen atoms in total. The topological polar surface area (TPSA) is 85.1 Å². The number of nitrogens with one attached hydrogen (secondary N) is 2. The Kier molecular flexibility index (Phi) is 15.4. The molecule has 0 amide bonds. The van der Waals surface area contributed by atoms with Gasteiger partial charge in [-0.2, -0.15) is 0 Å². The second kappa shape index (κ2) is 16.2. The molecule has 8 heteroatoms. The summed E-state index contributed by atoms with van der Waals surface area (Å²) in [5.41, 5.74) is 0. The number of guanidine groups is 1. The molecule has 0 bridgehead atoms. The number of rotatable bonds is 12. The molecule has 0 atom stereocenters. The van der Waals surface area contributed by atoms with Crippen LogP contribution in [0, 0.1) is 0 Å². The molecule has 0 aliphatic heterocycles. The second-order valence-electron chi connectivity index (χ2n) is 5.08. The van der Waals surface area contributed by atoms with Crippen LogP contribution in [0.15, 0.2) is 27.8 Å². The molecule has 0 spiro atoms. The van der Waals surface area contributed by atoms with E-state index in [9.17, 15) is 4.79 Å². The number of nitrogens with zero attached hydrogens (tertiary/aromatic N) is 1.